The number of H-pyrrole nitrogens is 1. The third-order valence-electron chi connectivity index (χ3n) is 1.51. The van der Waals surface area contributed by atoms with Crippen LogP contribution in [0.1, 0.15) is 0 Å². The number of rotatable bonds is 0. The molecule has 4 nitrogen and oxygen atoms in total. The zero-order valence-corrected chi connectivity index (χ0v) is 8.11. The topological polar surface area (TPSA) is 54.5 Å². The van der Waals surface area contributed by atoms with Crippen LogP contribution in [0.3, 0.4) is 0 Å². The van der Waals surface area contributed by atoms with E-state index in [9.17, 15) is 0 Å². The number of nitrogens with zero attached hydrogens (tertiary/aromatic N) is 3. The first-order chi connectivity index (χ1) is 6.97. The van der Waals surface area contributed by atoms with Crippen LogP contribution in [-0.4, -0.2) is 20.2 Å². The van der Waals surface area contributed by atoms with E-state index >= 15 is 0 Å². The zero-order chi connectivity index (χ0) is 9.64. The summed E-state index contributed by atoms with van der Waals surface area (Å²) in [5.41, 5.74) is 2.79. The summed E-state index contributed by atoms with van der Waals surface area (Å²) in [5, 5.41) is 6.21. The number of aromatic nitrogens is 4. The minimum absolute atomic E-state index is 0.988. The maximum absolute atomic E-state index is 4.10. The summed E-state index contributed by atoms with van der Waals surface area (Å²) in [5.74, 6) is 0. The number of aromatic amines is 1. The Labute approximate surface area is 84.7 Å². The molecule has 0 bridgehead atoms. The Morgan fingerprint density at radius 2 is 2.14 bits per heavy atom. The molecule has 70 valence electrons. The van der Waals surface area contributed by atoms with Crippen LogP contribution < -0.4 is 0 Å². The van der Waals surface area contributed by atoms with E-state index in [1.54, 1.807) is 35.4 Å². The van der Waals surface area contributed by atoms with E-state index in [1.165, 1.54) is 0 Å². The van der Waals surface area contributed by atoms with Crippen LogP contribution in [0.4, 0.5) is 0 Å². The SMILES string of the molecule is c1cn[nH]c1.c1cnc2scnc2c1. The summed E-state index contributed by atoms with van der Waals surface area (Å²) in [6.45, 7) is 0. The number of hydrogen-bond donors (Lipinski definition) is 1. The molecular formula is C9H8N4S. The van der Waals surface area contributed by atoms with Gasteiger partial charge in [-0.3, -0.25) is 5.10 Å². The monoisotopic (exact) mass is 204 g/mol. The number of fused-ring (bicyclic) bond motifs is 1. The van der Waals surface area contributed by atoms with Gasteiger partial charge in [-0.05, 0) is 18.2 Å². The average molecular weight is 204 g/mol. The highest BCUT2D eigenvalue weighted by Gasteiger charge is 1.91. The van der Waals surface area contributed by atoms with E-state index in [0.717, 1.165) is 10.3 Å². The smallest absolute Gasteiger partial charge is 0.143 e. The van der Waals surface area contributed by atoms with Crippen molar-refractivity contribution in [3.63, 3.8) is 0 Å². The van der Waals surface area contributed by atoms with Crippen LogP contribution in [0.5, 0.6) is 0 Å². The lowest BCUT2D eigenvalue weighted by Crippen LogP contribution is -1.68. The molecule has 0 amide bonds. The fourth-order valence-electron chi connectivity index (χ4n) is 0.920. The Kier molecular flexibility index (Phi) is 2.82. The van der Waals surface area contributed by atoms with Gasteiger partial charge in [0.2, 0.25) is 0 Å². The largest absolute Gasteiger partial charge is 0.286 e. The number of pyridine rings is 1. The zero-order valence-electron chi connectivity index (χ0n) is 7.29. The molecule has 3 aromatic heterocycles. The molecule has 3 rings (SSSR count). The Morgan fingerprint density at radius 3 is 2.79 bits per heavy atom. The molecule has 0 saturated heterocycles. The summed E-state index contributed by atoms with van der Waals surface area (Å²) in [4.78, 5) is 9.18. The molecule has 0 saturated carbocycles. The first kappa shape index (κ1) is 8.83. The Morgan fingerprint density at radius 1 is 1.14 bits per heavy atom. The highest BCUT2D eigenvalue weighted by molar-refractivity contribution is 7.16. The van der Waals surface area contributed by atoms with Gasteiger partial charge in [0.05, 0.1) is 11.0 Å². The van der Waals surface area contributed by atoms with Crippen molar-refractivity contribution in [2.45, 2.75) is 0 Å². The maximum atomic E-state index is 4.10. The van der Waals surface area contributed by atoms with Gasteiger partial charge in [0.15, 0.2) is 0 Å². The fourth-order valence-corrected chi connectivity index (χ4v) is 1.55. The van der Waals surface area contributed by atoms with Gasteiger partial charge in [-0.25, -0.2) is 9.97 Å². The molecule has 0 fully saturated rings. The third-order valence-corrected chi connectivity index (χ3v) is 2.26. The third kappa shape index (κ3) is 2.14. The van der Waals surface area contributed by atoms with Crippen LogP contribution in [-0.2, 0) is 0 Å². The molecular weight excluding hydrogens is 196 g/mol. The van der Waals surface area contributed by atoms with Gasteiger partial charge in [-0.1, -0.05) is 0 Å². The molecule has 0 aliphatic carbocycles. The molecule has 14 heavy (non-hydrogen) atoms. The minimum atomic E-state index is 0.988. The molecule has 0 spiro atoms. The summed E-state index contributed by atoms with van der Waals surface area (Å²) < 4.78 is 0. The highest BCUT2D eigenvalue weighted by atomic mass is 32.1. The molecule has 0 aliphatic rings. The summed E-state index contributed by atoms with van der Waals surface area (Å²) in [6, 6.07) is 5.68. The lowest BCUT2D eigenvalue weighted by atomic mass is 10.5. The second-order valence-electron chi connectivity index (χ2n) is 2.45. The minimum Gasteiger partial charge on any atom is -0.286 e. The first-order valence-electron chi connectivity index (χ1n) is 4.05. The van der Waals surface area contributed by atoms with Crippen molar-refractivity contribution >= 4 is 21.7 Å². The Hall–Kier alpha value is -1.75. The lowest BCUT2D eigenvalue weighted by molar-refractivity contribution is 1.09. The van der Waals surface area contributed by atoms with Crippen molar-refractivity contribution in [1.29, 1.82) is 0 Å². The van der Waals surface area contributed by atoms with Gasteiger partial charge in [-0.15, -0.1) is 11.3 Å². The Balaban J connectivity index is 0.000000128. The van der Waals surface area contributed by atoms with Gasteiger partial charge in [0.1, 0.15) is 4.83 Å². The van der Waals surface area contributed by atoms with Gasteiger partial charge < -0.3 is 0 Å². The maximum Gasteiger partial charge on any atom is 0.143 e. The van der Waals surface area contributed by atoms with Crippen molar-refractivity contribution in [2.24, 2.45) is 0 Å². The molecule has 5 heteroatoms. The second kappa shape index (κ2) is 4.48. The van der Waals surface area contributed by atoms with E-state index < -0.39 is 0 Å². The first-order valence-corrected chi connectivity index (χ1v) is 4.93. The van der Waals surface area contributed by atoms with Crippen LogP contribution in [0.15, 0.2) is 42.3 Å². The van der Waals surface area contributed by atoms with Crippen molar-refractivity contribution in [1.82, 2.24) is 20.2 Å². The molecule has 0 aliphatic heterocycles. The molecule has 0 aromatic carbocycles. The predicted octanol–water partition coefficient (Wildman–Crippen LogP) is 2.10. The molecule has 0 atom stereocenters. The molecule has 3 heterocycles. The number of hydrogen-bond acceptors (Lipinski definition) is 4. The van der Waals surface area contributed by atoms with Gasteiger partial charge in [0, 0.05) is 18.6 Å². The lowest BCUT2D eigenvalue weighted by Gasteiger charge is -1.80. The van der Waals surface area contributed by atoms with Gasteiger partial charge in [0.25, 0.3) is 0 Å². The summed E-state index contributed by atoms with van der Waals surface area (Å²) in [7, 11) is 0. The van der Waals surface area contributed by atoms with E-state index in [0.29, 0.717) is 0 Å². The number of thiazole rings is 1. The molecule has 0 unspecified atom stereocenters. The standard InChI is InChI=1S/C6H4N2S.C3H4N2/c1-2-5-6(7-3-1)9-4-8-5;1-2-4-5-3-1/h1-4H;1-3H,(H,4,5). The van der Waals surface area contributed by atoms with Gasteiger partial charge in [-0.2, -0.15) is 5.10 Å². The Bertz CT molecular complexity index is 427. The second-order valence-corrected chi connectivity index (χ2v) is 3.28. The van der Waals surface area contributed by atoms with Crippen LogP contribution in [0, 0.1) is 0 Å². The van der Waals surface area contributed by atoms with Crippen molar-refractivity contribution in [3.8, 4) is 0 Å². The predicted molar refractivity (Wildman–Crippen MR) is 56.0 cm³/mol. The van der Waals surface area contributed by atoms with Crippen molar-refractivity contribution in [3.05, 3.63) is 42.3 Å². The van der Waals surface area contributed by atoms with Gasteiger partial charge >= 0.3 is 0 Å². The normalized spacial score (nSPS) is 9.43. The summed E-state index contributed by atoms with van der Waals surface area (Å²) in [6.07, 6.45) is 5.24. The van der Waals surface area contributed by atoms with E-state index in [4.69, 9.17) is 0 Å². The average Bonchev–Trinajstić information content (AvgIpc) is 2.92. The van der Waals surface area contributed by atoms with Crippen LogP contribution >= 0.6 is 11.3 Å². The van der Waals surface area contributed by atoms with Crippen LogP contribution in [0.2, 0.25) is 0 Å². The number of nitrogens with one attached hydrogen (secondary N) is 1. The highest BCUT2D eigenvalue weighted by Crippen LogP contribution is 2.12. The van der Waals surface area contributed by atoms with Crippen molar-refractivity contribution < 1.29 is 0 Å². The molecule has 1 N–H and O–H groups in total. The van der Waals surface area contributed by atoms with Crippen LogP contribution in [0.25, 0.3) is 10.3 Å². The van der Waals surface area contributed by atoms with E-state index in [1.807, 2.05) is 18.2 Å². The summed E-state index contributed by atoms with van der Waals surface area (Å²) >= 11 is 1.57. The molecule has 3 aromatic rings. The quantitative estimate of drug-likeness (QED) is 0.610. The van der Waals surface area contributed by atoms with Crippen molar-refractivity contribution in [2.75, 3.05) is 0 Å². The molecule has 0 radical (unpaired) electrons. The van der Waals surface area contributed by atoms with E-state index in [-0.39, 0.29) is 0 Å². The van der Waals surface area contributed by atoms with E-state index in [2.05, 4.69) is 20.2 Å². The fraction of sp³-hybridized carbons (Fsp3) is 0.